The fourth-order valence-electron chi connectivity index (χ4n) is 8.81. The maximum atomic E-state index is 10.7. The van der Waals surface area contributed by atoms with E-state index < -0.39 is 5.97 Å². The largest absolute Gasteiger partial charge is 0.481 e. The number of fused-ring (bicyclic) bond motifs is 5. The van der Waals surface area contributed by atoms with E-state index in [4.69, 9.17) is 20.7 Å². The molecule has 0 aliphatic carbocycles. The van der Waals surface area contributed by atoms with Crippen molar-refractivity contribution in [2.45, 2.75) is 75.3 Å². The first kappa shape index (κ1) is 77.1. The summed E-state index contributed by atoms with van der Waals surface area (Å²) in [6.07, 6.45) is 11.0. The zero-order valence-electron chi connectivity index (χ0n) is 47.7. The Bertz CT molecular complexity index is 3410. The highest BCUT2D eigenvalue weighted by Crippen LogP contribution is 2.27. The Balaban J connectivity index is 0. The number of hydrogen-bond donors (Lipinski definition) is 6. The van der Waals surface area contributed by atoms with Crippen molar-refractivity contribution in [3.63, 3.8) is 0 Å². The average Bonchev–Trinajstić information content (AvgIpc) is 4.28. The monoisotopic (exact) mass is 1540 g/mol. The van der Waals surface area contributed by atoms with Crippen LogP contribution in [0.5, 0.6) is 0 Å². The van der Waals surface area contributed by atoms with Crippen LogP contribution in [0.15, 0.2) is 128 Å². The van der Waals surface area contributed by atoms with Gasteiger partial charge in [-0.05, 0) is 159 Å². The van der Waals surface area contributed by atoms with Crippen LogP contribution in [0, 0.1) is 57.3 Å². The predicted molar refractivity (Wildman–Crippen MR) is 381 cm³/mol. The van der Waals surface area contributed by atoms with Gasteiger partial charge in [-0.1, -0.05) is 166 Å². The Morgan fingerprint density at radius 2 is 0.938 bits per heavy atom. The Morgan fingerprint density at radius 3 is 1.36 bits per heavy atom. The third-order valence-electron chi connectivity index (χ3n) is 11.8. The van der Waals surface area contributed by atoms with Crippen LogP contribution in [-0.2, 0) is 44.7 Å². The lowest BCUT2D eigenvalue weighted by Gasteiger charge is -2.08. The topological polar surface area (TPSA) is 178 Å². The molecule has 0 aliphatic heterocycles. The van der Waals surface area contributed by atoms with Gasteiger partial charge < -0.3 is 44.5 Å². The van der Waals surface area contributed by atoms with Crippen LogP contribution < -0.4 is 5.32 Å². The number of aryl methyl sites for hydroxylation is 7. The number of carbonyl (C=O) groups is 1. The molecule has 0 aliphatic rings. The van der Waals surface area contributed by atoms with E-state index in [1.807, 2.05) is 111 Å². The standard InChI is InChI=1S/C12H16N2.C12H12N2.C12H13NO2.C11H10N2.C9H9N.C2H7N.CH2I2.2CH3I.CH4O.2CH4/c1-9-5-4-6-11-12(9)10(7-13-11)8-14(2)3;1-9-4-3-5-11-12(9)10(6-7-13)8-14(11)2;1-8-4-3-5-10-12(8)9(6-11(14)15)7-13(10)2;1-8-3-2-4-10-11(8)9(5-6-12)7-13-10;1-7-3-2-4-9-8(7)5-6-10-9;1-3-2;2-1-3;3*1-2;;/h4-7,13H,8H2,1-3H3;3-5,8H,6H2,1-2H3;3-5,7H,6H2,1-2H3,(H,14,15);2-4,7,13H,5H2,1H3;2-6,10H,1H3;3H,1-2H3;1H2;2*1H3;2H,1H3;2*1H4. The van der Waals surface area contributed by atoms with E-state index in [0.717, 1.165) is 52.3 Å². The quantitative estimate of drug-likeness (QED) is 0.0709. The maximum Gasteiger partial charge on any atom is 0.307 e. The molecule has 0 unspecified atom stereocenters. The van der Waals surface area contributed by atoms with Crippen LogP contribution in [0.1, 0.15) is 64.9 Å². The molecule has 5 aromatic carbocycles. The van der Waals surface area contributed by atoms with Crippen LogP contribution in [-0.4, -0.2) is 92.8 Å². The summed E-state index contributed by atoms with van der Waals surface area (Å²) < 4.78 is 5.24. The highest BCUT2D eigenvalue weighted by Gasteiger charge is 2.12. The molecule has 0 radical (unpaired) electrons. The molecule has 12 nitrogen and oxygen atoms in total. The van der Waals surface area contributed by atoms with E-state index in [-0.39, 0.29) is 21.3 Å². The Hall–Kier alpha value is -4.95. The molecule has 0 saturated heterocycles. The van der Waals surface area contributed by atoms with E-state index in [2.05, 4.69) is 241 Å². The number of aliphatic hydroxyl groups is 1. The van der Waals surface area contributed by atoms with Crippen molar-refractivity contribution in [3.05, 3.63) is 178 Å². The summed E-state index contributed by atoms with van der Waals surface area (Å²) in [5.41, 5.74) is 16.6. The molecule has 6 N–H and O–H groups in total. The molecule has 0 fully saturated rings. The number of aromatic amines is 3. The van der Waals surface area contributed by atoms with Crippen molar-refractivity contribution in [1.29, 1.82) is 10.5 Å². The van der Waals surface area contributed by atoms with Gasteiger partial charge in [0.2, 0.25) is 0 Å². The van der Waals surface area contributed by atoms with Gasteiger partial charge in [-0.25, -0.2) is 0 Å². The third-order valence-corrected chi connectivity index (χ3v) is 11.8. The highest BCUT2D eigenvalue weighted by atomic mass is 127. The molecule has 10 rings (SSSR count). The van der Waals surface area contributed by atoms with Crippen LogP contribution in [0.4, 0.5) is 0 Å². The second-order valence-electron chi connectivity index (χ2n) is 17.7. The van der Waals surface area contributed by atoms with Crippen molar-refractivity contribution in [3.8, 4) is 12.1 Å². The minimum atomic E-state index is -0.786. The summed E-state index contributed by atoms with van der Waals surface area (Å²) in [7, 11) is 12.9. The van der Waals surface area contributed by atoms with Gasteiger partial charge in [0, 0.05) is 113 Å². The van der Waals surface area contributed by atoms with Crippen LogP contribution in [0.3, 0.4) is 0 Å². The van der Waals surface area contributed by atoms with Gasteiger partial charge in [-0.2, -0.15) is 10.5 Å². The molecular formula is C64H87I4N9O3. The van der Waals surface area contributed by atoms with Crippen molar-refractivity contribution < 1.29 is 15.0 Å². The number of carboxylic acids is 1. The molecular weight excluding hydrogens is 1450 g/mol. The normalized spacial score (nSPS) is 9.47. The second kappa shape index (κ2) is 42.8. The lowest BCUT2D eigenvalue weighted by Crippen LogP contribution is -2.10. The van der Waals surface area contributed by atoms with Gasteiger partial charge in [0.25, 0.3) is 0 Å². The number of carboxylic acid groups (broad SMARTS) is 1. The van der Waals surface area contributed by atoms with Crippen molar-refractivity contribution in [1.82, 2.24) is 34.3 Å². The Labute approximate surface area is 532 Å². The zero-order chi connectivity index (χ0) is 58.9. The summed E-state index contributed by atoms with van der Waals surface area (Å²) in [6.45, 7) is 11.4. The fraction of sp³-hybridized carbons (Fsp3) is 0.328. The molecule has 0 saturated carbocycles. The van der Waals surface area contributed by atoms with Crippen molar-refractivity contribution >= 4 is 151 Å². The van der Waals surface area contributed by atoms with Crippen LogP contribution in [0.2, 0.25) is 0 Å². The molecule has 5 heterocycles. The Morgan fingerprint density at radius 1 is 0.575 bits per heavy atom. The molecule has 0 atom stereocenters. The van der Waals surface area contributed by atoms with Gasteiger partial charge in [0.1, 0.15) is 0 Å². The highest BCUT2D eigenvalue weighted by molar-refractivity contribution is 14.2. The summed E-state index contributed by atoms with van der Waals surface area (Å²) >= 11 is 8.85. The number of aromatic nitrogens is 5. The number of halogens is 4. The molecule has 0 amide bonds. The number of hydrogen-bond acceptors (Lipinski definition) is 6. The first-order chi connectivity index (χ1) is 37.5. The van der Waals surface area contributed by atoms with Crippen LogP contribution in [0.25, 0.3) is 54.5 Å². The van der Waals surface area contributed by atoms with E-state index in [9.17, 15) is 4.79 Å². The van der Waals surface area contributed by atoms with Gasteiger partial charge >= 0.3 is 5.97 Å². The SMILES string of the molecule is C.C.CI.CI.CNC.CO.Cc1cccc2[nH]cc(CC#N)c12.Cc1cccc2[nH]cc(CN(C)C)c12.Cc1cccc2[nH]ccc12.Cc1cccc2c1c(CC#N)cn2C.Cc1cccc2c1c(CC(=O)O)cn2C.ICI. The number of nitriles is 2. The number of nitrogens with zero attached hydrogens (tertiary/aromatic N) is 5. The summed E-state index contributed by atoms with van der Waals surface area (Å²) in [5, 5.41) is 42.1. The smallest absolute Gasteiger partial charge is 0.307 e. The van der Waals surface area contributed by atoms with E-state index >= 15 is 0 Å². The number of aliphatic carboxylic acids is 1. The molecule has 434 valence electrons. The van der Waals surface area contributed by atoms with Crippen molar-refractivity contribution in [2.24, 2.45) is 14.1 Å². The third kappa shape index (κ3) is 23.5. The lowest BCUT2D eigenvalue weighted by molar-refractivity contribution is -0.136. The number of rotatable bonds is 6. The first-order valence-corrected chi connectivity index (χ1v) is 32.1. The number of H-pyrrole nitrogens is 3. The average molecular weight is 1540 g/mol. The minimum absolute atomic E-state index is 0. The number of nitrogens with one attached hydrogen (secondary N) is 4. The van der Waals surface area contributed by atoms with Gasteiger partial charge in [-0.15, -0.1) is 0 Å². The van der Waals surface area contributed by atoms with Gasteiger partial charge in [0.15, 0.2) is 0 Å². The zero-order valence-corrected chi connectivity index (χ0v) is 56.3. The molecule has 16 heteroatoms. The molecule has 0 spiro atoms. The second-order valence-corrected chi connectivity index (χ2v) is 22.1. The summed E-state index contributed by atoms with van der Waals surface area (Å²) in [6, 6.07) is 37.5. The molecule has 10 aromatic rings. The first-order valence-electron chi connectivity index (χ1n) is 24.8. The molecule has 0 bridgehead atoms. The fourth-order valence-corrected chi connectivity index (χ4v) is 8.81. The predicted octanol–water partition coefficient (Wildman–Crippen LogP) is 16.9. The van der Waals surface area contributed by atoms with E-state index in [1.54, 1.807) is 0 Å². The van der Waals surface area contributed by atoms with E-state index in [1.165, 1.54) is 68.3 Å². The van der Waals surface area contributed by atoms with Crippen molar-refractivity contribution in [2.75, 3.05) is 47.6 Å². The van der Waals surface area contributed by atoms with Crippen LogP contribution >= 0.6 is 90.4 Å². The number of benzene rings is 5. The molecule has 80 heavy (non-hydrogen) atoms. The van der Waals surface area contributed by atoms with E-state index in [0.29, 0.717) is 12.8 Å². The number of aliphatic hydroxyl groups excluding tert-OH is 1. The minimum Gasteiger partial charge on any atom is -0.481 e. The summed E-state index contributed by atoms with van der Waals surface area (Å²) in [5.74, 6) is -0.786. The van der Waals surface area contributed by atoms with Gasteiger partial charge in [-0.3, -0.25) is 4.79 Å². The lowest BCUT2D eigenvalue weighted by atomic mass is 10.1. The van der Waals surface area contributed by atoms with Gasteiger partial charge in [0.05, 0.1) is 33.8 Å². The maximum absolute atomic E-state index is 10.7. The summed E-state index contributed by atoms with van der Waals surface area (Å²) in [4.78, 5) is 26.5. The number of alkyl halides is 4. The Kier molecular flexibility index (Phi) is 41.3. The molecule has 5 aromatic heterocycles.